The van der Waals surface area contributed by atoms with Gasteiger partial charge in [0.05, 0.1) is 17.7 Å². The maximum atomic E-state index is 12.7. The van der Waals surface area contributed by atoms with E-state index in [9.17, 15) is 4.79 Å². The summed E-state index contributed by atoms with van der Waals surface area (Å²) in [6.07, 6.45) is 0. The molecule has 2 rings (SSSR count). The van der Waals surface area contributed by atoms with Crippen molar-refractivity contribution in [2.45, 2.75) is 25.9 Å². The van der Waals surface area contributed by atoms with Crippen LogP contribution in [0.25, 0.3) is 0 Å². The van der Waals surface area contributed by atoms with E-state index in [4.69, 9.17) is 4.74 Å². The lowest BCUT2D eigenvalue weighted by Crippen LogP contribution is -2.50. The average Bonchev–Trinajstić information content (AvgIpc) is 2.99. The third-order valence-corrected chi connectivity index (χ3v) is 3.89. The molecule has 0 spiro atoms. The smallest absolute Gasteiger partial charge is 0.274 e. The van der Waals surface area contributed by atoms with Gasteiger partial charge in [0.1, 0.15) is 5.69 Å². The number of amides is 1. The second kappa shape index (κ2) is 6.83. The monoisotopic (exact) mass is 304 g/mol. The Balaban J connectivity index is 2.28. The highest BCUT2D eigenvalue weighted by Gasteiger charge is 2.32. The van der Waals surface area contributed by atoms with E-state index in [0.29, 0.717) is 18.8 Å². The number of hydrogen-bond donors (Lipinski definition) is 0. The van der Waals surface area contributed by atoms with Crippen LogP contribution in [-0.4, -0.2) is 35.0 Å². The summed E-state index contributed by atoms with van der Waals surface area (Å²) in [5.74, 6) is -0.0675. The lowest BCUT2D eigenvalue weighted by molar-refractivity contribution is 0.0226. The van der Waals surface area contributed by atoms with Crippen molar-refractivity contribution in [3.05, 3.63) is 52.5 Å². The first-order valence-corrected chi connectivity index (χ1v) is 7.72. The Morgan fingerprint density at radius 3 is 2.62 bits per heavy atom. The summed E-state index contributed by atoms with van der Waals surface area (Å²) in [5.41, 5.74) is 2.84. The van der Waals surface area contributed by atoms with Gasteiger partial charge in [-0.05, 0) is 19.4 Å². The van der Waals surface area contributed by atoms with E-state index in [1.165, 1.54) is 11.3 Å². The van der Waals surface area contributed by atoms with Crippen LogP contribution in [0.3, 0.4) is 0 Å². The van der Waals surface area contributed by atoms with Gasteiger partial charge in [-0.25, -0.2) is 4.98 Å². The molecule has 0 bridgehead atoms. The predicted octanol–water partition coefficient (Wildman–Crippen LogP) is 3.21. The maximum absolute atomic E-state index is 12.7. The quantitative estimate of drug-likeness (QED) is 0.823. The van der Waals surface area contributed by atoms with E-state index < -0.39 is 5.54 Å². The van der Waals surface area contributed by atoms with Gasteiger partial charge >= 0.3 is 0 Å². The number of aromatic nitrogens is 1. The van der Waals surface area contributed by atoms with Crippen LogP contribution in [0.2, 0.25) is 0 Å². The molecule has 1 amide bonds. The maximum Gasteiger partial charge on any atom is 0.274 e. The molecule has 1 heterocycles. The molecule has 0 aliphatic heterocycles. The number of benzene rings is 1. The molecule has 21 heavy (non-hydrogen) atoms. The van der Waals surface area contributed by atoms with E-state index in [1.807, 2.05) is 49.1 Å². The van der Waals surface area contributed by atoms with Crippen molar-refractivity contribution in [3.8, 4) is 0 Å². The van der Waals surface area contributed by atoms with Crippen molar-refractivity contribution in [1.29, 1.82) is 0 Å². The highest BCUT2D eigenvalue weighted by molar-refractivity contribution is 7.07. The van der Waals surface area contributed by atoms with Crippen molar-refractivity contribution in [1.82, 2.24) is 9.88 Å². The number of rotatable bonds is 6. The summed E-state index contributed by atoms with van der Waals surface area (Å²) in [6.45, 7) is 5.01. The number of methoxy groups -OCH3 is 1. The number of carbonyl (C=O) groups is 1. The summed E-state index contributed by atoms with van der Waals surface area (Å²) in [5, 5.41) is 1.78. The number of carbonyl (C=O) groups excluding carboxylic acids is 1. The molecule has 1 aromatic carbocycles. The molecule has 4 nitrogen and oxygen atoms in total. The van der Waals surface area contributed by atoms with E-state index in [0.717, 1.165) is 5.56 Å². The van der Waals surface area contributed by atoms with Crippen LogP contribution in [0.1, 0.15) is 29.9 Å². The van der Waals surface area contributed by atoms with Crippen LogP contribution in [-0.2, 0) is 11.3 Å². The predicted molar refractivity (Wildman–Crippen MR) is 84.4 cm³/mol. The first kappa shape index (κ1) is 15.7. The molecule has 1 aromatic heterocycles. The van der Waals surface area contributed by atoms with Crippen molar-refractivity contribution >= 4 is 17.2 Å². The molecular formula is C16H20N2O2S. The van der Waals surface area contributed by atoms with Gasteiger partial charge in [0.25, 0.3) is 5.91 Å². The molecule has 0 unspecified atom stereocenters. The Morgan fingerprint density at radius 2 is 2.05 bits per heavy atom. The van der Waals surface area contributed by atoms with Crippen LogP contribution < -0.4 is 0 Å². The largest absolute Gasteiger partial charge is 0.382 e. The molecule has 0 aliphatic carbocycles. The molecule has 0 saturated carbocycles. The first-order chi connectivity index (χ1) is 10.0. The molecule has 0 radical (unpaired) electrons. The Hall–Kier alpha value is -1.72. The third-order valence-electron chi connectivity index (χ3n) is 3.31. The second-order valence-electron chi connectivity index (χ2n) is 5.50. The molecule has 0 N–H and O–H groups in total. The van der Waals surface area contributed by atoms with Crippen LogP contribution in [0.4, 0.5) is 0 Å². The van der Waals surface area contributed by atoms with Gasteiger partial charge in [0.15, 0.2) is 0 Å². The summed E-state index contributed by atoms with van der Waals surface area (Å²) in [6, 6.07) is 9.96. The number of ether oxygens (including phenoxy) is 1. The minimum absolute atomic E-state index is 0.0675. The van der Waals surface area contributed by atoms with Gasteiger partial charge in [-0.1, -0.05) is 30.3 Å². The topological polar surface area (TPSA) is 42.4 Å². The van der Waals surface area contributed by atoms with Crippen LogP contribution in [0.15, 0.2) is 41.2 Å². The zero-order valence-electron chi connectivity index (χ0n) is 12.6. The molecule has 2 aromatic rings. The van der Waals surface area contributed by atoms with Gasteiger partial charge in [-0.3, -0.25) is 4.79 Å². The first-order valence-electron chi connectivity index (χ1n) is 6.77. The van der Waals surface area contributed by atoms with Crippen LogP contribution in [0, 0.1) is 0 Å². The Labute approximate surface area is 129 Å². The van der Waals surface area contributed by atoms with Crippen molar-refractivity contribution in [3.63, 3.8) is 0 Å². The molecule has 0 atom stereocenters. The summed E-state index contributed by atoms with van der Waals surface area (Å²) in [7, 11) is 1.65. The Morgan fingerprint density at radius 1 is 1.33 bits per heavy atom. The molecule has 112 valence electrons. The molecule has 0 fully saturated rings. The molecule has 5 heteroatoms. The number of nitrogens with zero attached hydrogens (tertiary/aromatic N) is 2. The lowest BCUT2D eigenvalue weighted by atomic mass is 10.0. The Bertz CT molecular complexity index is 567. The van der Waals surface area contributed by atoms with E-state index in [-0.39, 0.29) is 5.91 Å². The van der Waals surface area contributed by atoms with Crippen molar-refractivity contribution in [2.75, 3.05) is 13.7 Å². The summed E-state index contributed by atoms with van der Waals surface area (Å²) >= 11 is 1.43. The fraction of sp³-hybridized carbons (Fsp3) is 0.375. The van der Waals surface area contributed by atoms with Gasteiger partial charge in [-0.15, -0.1) is 11.3 Å². The normalized spacial score (nSPS) is 11.4. The fourth-order valence-electron chi connectivity index (χ4n) is 2.21. The minimum atomic E-state index is -0.411. The summed E-state index contributed by atoms with van der Waals surface area (Å²) in [4.78, 5) is 18.7. The van der Waals surface area contributed by atoms with Gasteiger partial charge < -0.3 is 9.64 Å². The molecule has 0 saturated heterocycles. The zero-order chi connectivity index (χ0) is 15.3. The van der Waals surface area contributed by atoms with Gasteiger partial charge in [0, 0.05) is 19.0 Å². The SMILES string of the molecule is COCC(C)(C)N(Cc1ccccc1)C(=O)c1cscn1. The Kier molecular flexibility index (Phi) is 5.09. The zero-order valence-corrected chi connectivity index (χ0v) is 13.4. The molecule has 0 aliphatic rings. The van der Waals surface area contributed by atoms with Gasteiger partial charge in [0.2, 0.25) is 0 Å². The molecular weight excluding hydrogens is 284 g/mol. The third kappa shape index (κ3) is 3.89. The number of thiazole rings is 1. The fourth-order valence-corrected chi connectivity index (χ4v) is 2.74. The van der Waals surface area contributed by atoms with E-state index in [2.05, 4.69) is 4.98 Å². The highest BCUT2D eigenvalue weighted by Crippen LogP contribution is 2.21. The lowest BCUT2D eigenvalue weighted by Gasteiger charge is -2.38. The van der Waals surface area contributed by atoms with Crippen LogP contribution >= 0.6 is 11.3 Å². The minimum Gasteiger partial charge on any atom is -0.382 e. The second-order valence-corrected chi connectivity index (χ2v) is 6.21. The van der Waals surface area contributed by atoms with Crippen LogP contribution in [0.5, 0.6) is 0 Å². The van der Waals surface area contributed by atoms with E-state index >= 15 is 0 Å². The standard InChI is InChI=1S/C16H20N2O2S/c1-16(2,11-20-3)18(9-13-7-5-4-6-8-13)15(19)14-10-21-12-17-14/h4-8,10,12H,9,11H2,1-3H3. The van der Waals surface area contributed by atoms with Crippen molar-refractivity contribution in [2.24, 2.45) is 0 Å². The summed E-state index contributed by atoms with van der Waals surface area (Å²) < 4.78 is 5.28. The van der Waals surface area contributed by atoms with Gasteiger partial charge in [-0.2, -0.15) is 0 Å². The average molecular weight is 304 g/mol. The highest BCUT2D eigenvalue weighted by atomic mass is 32.1. The number of hydrogen-bond acceptors (Lipinski definition) is 4. The van der Waals surface area contributed by atoms with Crippen molar-refractivity contribution < 1.29 is 9.53 Å². The van der Waals surface area contributed by atoms with E-state index in [1.54, 1.807) is 18.0 Å².